The number of anilines is 1. The van der Waals surface area contributed by atoms with Gasteiger partial charge in [-0.1, -0.05) is 6.07 Å². The molecule has 0 radical (unpaired) electrons. The van der Waals surface area contributed by atoms with E-state index in [1.54, 1.807) is 18.2 Å². The molecule has 1 aromatic heterocycles. The van der Waals surface area contributed by atoms with Gasteiger partial charge in [0, 0.05) is 12.6 Å². The van der Waals surface area contributed by atoms with E-state index >= 15 is 0 Å². The Kier molecular flexibility index (Phi) is 3.33. The lowest BCUT2D eigenvalue weighted by molar-refractivity contribution is -0.131. The first-order valence-electron chi connectivity index (χ1n) is 5.37. The summed E-state index contributed by atoms with van der Waals surface area (Å²) in [7, 11) is -3.26. The molecule has 1 aliphatic rings. The summed E-state index contributed by atoms with van der Waals surface area (Å²) in [4.78, 5) is 14.5. The molecule has 1 fully saturated rings. The van der Waals surface area contributed by atoms with Crippen LogP contribution in [-0.4, -0.2) is 36.8 Å². The molecule has 1 N–H and O–H groups in total. The first-order valence-corrected chi connectivity index (χ1v) is 6.98. The van der Waals surface area contributed by atoms with E-state index in [2.05, 4.69) is 4.98 Å². The summed E-state index contributed by atoms with van der Waals surface area (Å²) in [5.41, 5.74) is 0.414. The molecule has 2 heterocycles. The zero-order valence-electron chi connectivity index (χ0n) is 9.48. The SMILES string of the molecule is O=C(O)C=Cc1cccc(N2CCCS2(=O)=O)n1. The lowest BCUT2D eigenvalue weighted by atomic mass is 10.3. The number of aromatic nitrogens is 1. The fraction of sp³-hybridized carbons (Fsp3) is 0.273. The first kappa shape index (κ1) is 12.6. The fourth-order valence-corrected chi connectivity index (χ4v) is 3.23. The highest BCUT2D eigenvalue weighted by Crippen LogP contribution is 2.22. The molecule has 1 aromatic rings. The van der Waals surface area contributed by atoms with Crippen molar-refractivity contribution in [2.75, 3.05) is 16.6 Å². The highest BCUT2D eigenvalue weighted by atomic mass is 32.2. The van der Waals surface area contributed by atoms with Crippen LogP contribution in [0, 0.1) is 0 Å². The molecule has 0 aromatic carbocycles. The van der Waals surface area contributed by atoms with Crippen molar-refractivity contribution < 1.29 is 18.3 Å². The number of carbonyl (C=O) groups is 1. The minimum atomic E-state index is -3.26. The summed E-state index contributed by atoms with van der Waals surface area (Å²) in [6.45, 7) is 0.418. The number of carboxylic acids is 1. The number of hydrogen-bond acceptors (Lipinski definition) is 4. The van der Waals surface area contributed by atoms with E-state index in [9.17, 15) is 13.2 Å². The van der Waals surface area contributed by atoms with Gasteiger partial charge in [-0.05, 0) is 24.6 Å². The average molecular weight is 268 g/mol. The smallest absolute Gasteiger partial charge is 0.328 e. The first-order chi connectivity index (χ1) is 8.49. The molecular weight excluding hydrogens is 256 g/mol. The van der Waals surface area contributed by atoms with Crippen molar-refractivity contribution in [1.82, 2.24) is 4.98 Å². The Labute approximate surface area is 105 Å². The van der Waals surface area contributed by atoms with Gasteiger partial charge in [0.2, 0.25) is 10.0 Å². The zero-order valence-corrected chi connectivity index (χ0v) is 10.3. The van der Waals surface area contributed by atoms with Crippen molar-refractivity contribution in [2.24, 2.45) is 0 Å². The largest absolute Gasteiger partial charge is 0.478 e. The van der Waals surface area contributed by atoms with Gasteiger partial charge in [0.25, 0.3) is 0 Å². The molecule has 0 spiro atoms. The molecule has 0 unspecified atom stereocenters. The van der Waals surface area contributed by atoms with E-state index in [1.807, 2.05) is 0 Å². The predicted molar refractivity (Wildman–Crippen MR) is 66.7 cm³/mol. The Bertz CT molecular complexity index is 595. The van der Waals surface area contributed by atoms with Gasteiger partial charge in [0.1, 0.15) is 5.82 Å². The maximum Gasteiger partial charge on any atom is 0.328 e. The summed E-state index contributed by atoms with van der Waals surface area (Å²) in [5.74, 6) is -0.611. The number of aliphatic carboxylic acids is 1. The molecule has 1 saturated heterocycles. The van der Waals surface area contributed by atoms with E-state index in [0.717, 1.165) is 6.08 Å². The van der Waals surface area contributed by atoms with Crippen LogP contribution in [0.15, 0.2) is 24.3 Å². The third-order valence-corrected chi connectivity index (χ3v) is 4.35. The number of pyridine rings is 1. The Morgan fingerprint density at radius 3 is 2.83 bits per heavy atom. The molecule has 1 aliphatic heterocycles. The van der Waals surface area contributed by atoms with Crippen molar-refractivity contribution in [2.45, 2.75) is 6.42 Å². The van der Waals surface area contributed by atoms with Crippen LogP contribution in [0.4, 0.5) is 5.82 Å². The summed E-state index contributed by atoms with van der Waals surface area (Å²) in [6, 6.07) is 4.87. The van der Waals surface area contributed by atoms with E-state index in [0.29, 0.717) is 24.5 Å². The molecule has 0 amide bonds. The summed E-state index contributed by atoms with van der Waals surface area (Å²) in [6.07, 6.45) is 2.87. The predicted octanol–water partition coefficient (Wildman–Crippen LogP) is 0.719. The molecule has 0 saturated carbocycles. The maximum atomic E-state index is 11.7. The molecule has 7 heteroatoms. The van der Waals surface area contributed by atoms with Gasteiger partial charge in [0.05, 0.1) is 11.4 Å². The minimum Gasteiger partial charge on any atom is -0.478 e. The van der Waals surface area contributed by atoms with Gasteiger partial charge in [-0.2, -0.15) is 0 Å². The van der Waals surface area contributed by atoms with Gasteiger partial charge >= 0.3 is 5.97 Å². The van der Waals surface area contributed by atoms with E-state index in [-0.39, 0.29) is 5.75 Å². The van der Waals surface area contributed by atoms with Gasteiger partial charge in [-0.15, -0.1) is 0 Å². The van der Waals surface area contributed by atoms with E-state index < -0.39 is 16.0 Å². The summed E-state index contributed by atoms with van der Waals surface area (Å²) in [5, 5.41) is 8.52. The summed E-state index contributed by atoms with van der Waals surface area (Å²) < 4.78 is 24.7. The lowest BCUT2D eigenvalue weighted by Crippen LogP contribution is -2.26. The van der Waals surface area contributed by atoms with Crippen LogP contribution in [0.3, 0.4) is 0 Å². The second-order valence-corrected chi connectivity index (χ2v) is 5.85. The van der Waals surface area contributed by atoms with Crippen LogP contribution in [0.25, 0.3) is 6.08 Å². The Morgan fingerprint density at radius 2 is 2.22 bits per heavy atom. The van der Waals surface area contributed by atoms with E-state index in [4.69, 9.17) is 5.11 Å². The topological polar surface area (TPSA) is 87.6 Å². The van der Waals surface area contributed by atoms with Crippen LogP contribution >= 0.6 is 0 Å². The van der Waals surface area contributed by atoms with Gasteiger partial charge in [-0.25, -0.2) is 18.2 Å². The van der Waals surface area contributed by atoms with Crippen LogP contribution in [0.1, 0.15) is 12.1 Å². The highest BCUT2D eigenvalue weighted by Gasteiger charge is 2.29. The van der Waals surface area contributed by atoms with Gasteiger partial charge in [-0.3, -0.25) is 4.31 Å². The maximum absolute atomic E-state index is 11.7. The standard InChI is InChI=1S/C11H12N2O4S/c14-11(15)6-5-9-3-1-4-10(12-9)13-7-2-8-18(13,16)17/h1,3-6H,2,7-8H2,(H,14,15). The van der Waals surface area contributed by atoms with Crippen molar-refractivity contribution in [3.05, 3.63) is 30.0 Å². The highest BCUT2D eigenvalue weighted by molar-refractivity contribution is 7.93. The molecule has 0 aliphatic carbocycles. The van der Waals surface area contributed by atoms with Crippen LogP contribution in [-0.2, 0) is 14.8 Å². The van der Waals surface area contributed by atoms with Gasteiger partial charge < -0.3 is 5.11 Å². The number of hydrogen-bond donors (Lipinski definition) is 1. The molecule has 6 nitrogen and oxygen atoms in total. The van der Waals surface area contributed by atoms with Crippen molar-refractivity contribution >= 4 is 27.9 Å². The zero-order chi connectivity index (χ0) is 13.2. The van der Waals surface area contributed by atoms with Crippen LogP contribution in [0.2, 0.25) is 0 Å². The van der Waals surface area contributed by atoms with Crippen LogP contribution < -0.4 is 4.31 Å². The van der Waals surface area contributed by atoms with Crippen molar-refractivity contribution in [3.63, 3.8) is 0 Å². The normalized spacial score (nSPS) is 18.3. The van der Waals surface area contributed by atoms with Gasteiger partial charge in [0.15, 0.2) is 0 Å². The Balaban J connectivity index is 2.30. The Morgan fingerprint density at radius 1 is 1.44 bits per heavy atom. The molecule has 96 valence electrons. The monoisotopic (exact) mass is 268 g/mol. The second-order valence-electron chi connectivity index (χ2n) is 3.83. The van der Waals surface area contributed by atoms with Crippen molar-refractivity contribution in [1.29, 1.82) is 0 Å². The lowest BCUT2D eigenvalue weighted by Gasteiger charge is -2.15. The van der Waals surface area contributed by atoms with Crippen LogP contribution in [0.5, 0.6) is 0 Å². The fourth-order valence-electron chi connectivity index (χ4n) is 1.72. The summed E-state index contributed by atoms with van der Waals surface area (Å²) >= 11 is 0. The molecule has 0 bridgehead atoms. The number of sulfonamides is 1. The number of carboxylic acid groups (broad SMARTS) is 1. The third kappa shape index (κ3) is 2.67. The van der Waals surface area contributed by atoms with Crippen molar-refractivity contribution in [3.8, 4) is 0 Å². The molecule has 18 heavy (non-hydrogen) atoms. The molecule has 0 atom stereocenters. The quantitative estimate of drug-likeness (QED) is 0.816. The molecular formula is C11H12N2O4S. The average Bonchev–Trinajstić information content (AvgIpc) is 2.67. The number of rotatable bonds is 3. The minimum absolute atomic E-state index is 0.129. The molecule has 2 rings (SSSR count). The Hall–Kier alpha value is -1.89. The second kappa shape index (κ2) is 4.77. The third-order valence-electron chi connectivity index (χ3n) is 2.51. The van der Waals surface area contributed by atoms with E-state index in [1.165, 1.54) is 10.4 Å². The number of nitrogens with zero attached hydrogens (tertiary/aromatic N) is 2.